The van der Waals surface area contributed by atoms with E-state index in [1.807, 2.05) is 0 Å². The van der Waals surface area contributed by atoms with E-state index in [1.54, 1.807) is 0 Å². The Bertz CT molecular complexity index is 592. The molecule has 0 unspecified atom stereocenters. The molecule has 0 N–H and O–H groups in total. The summed E-state index contributed by atoms with van der Waals surface area (Å²) in [5.41, 5.74) is -0.489. The molecule has 0 spiro atoms. The number of halogens is 4. The molecule has 2 rings (SSSR count). The monoisotopic (exact) mass is 289 g/mol. The number of hydrogen-bond donors (Lipinski definition) is 0. The van der Waals surface area contributed by atoms with Crippen LogP contribution in [0.15, 0.2) is 29.9 Å². The van der Waals surface area contributed by atoms with Crippen molar-refractivity contribution in [3.05, 3.63) is 51.7 Å². The van der Waals surface area contributed by atoms with Gasteiger partial charge in [0.25, 0.3) is 0 Å². The fourth-order valence-electron chi connectivity index (χ4n) is 1.55. The Kier molecular flexibility index (Phi) is 3.66. The molecule has 0 saturated carbocycles. The Morgan fingerprint density at radius 2 is 2.05 bits per heavy atom. The van der Waals surface area contributed by atoms with Gasteiger partial charge in [-0.3, -0.25) is 9.78 Å². The largest absolute Gasteiger partial charge is 0.419 e. The predicted octanol–water partition coefficient (Wildman–Crippen LogP) is 3.73. The summed E-state index contributed by atoms with van der Waals surface area (Å²) >= 11 is 1.18. The van der Waals surface area contributed by atoms with Crippen molar-refractivity contribution in [1.29, 1.82) is 0 Å². The zero-order valence-electron chi connectivity index (χ0n) is 9.37. The van der Waals surface area contributed by atoms with Crippen LogP contribution in [-0.4, -0.2) is 10.8 Å². The summed E-state index contributed by atoms with van der Waals surface area (Å²) in [6.45, 7) is 0. The normalized spacial score (nSPS) is 11.6. The first-order valence-electron chi connectivity index (χ1n) is 5.16. The third-order valence-electron chi connectivity index (χ3n) is 2.42. The van der Waals surface area contributed by atoms with Gasteiger partial charge in [-0.1, -0.05) is 6.07 Å². The molecule has 7 heteroatoms. The Morgan fingerprint density at radius 1 is 1.32 bits per heavy atom. The van der Waals surface area contributed by atoms with E-state index in [9.17, 15) is 22.4 Å². The van der Waals surface area contributed by atoms with Gasteiger partial charge in [-0.05, 0) is 12.1 Å². The first-order chi connectivity index (χ1) is 8.89. The first kappa shape index (κ1) is 13.7. The maximum Gasteiger partial charge on any atom is 0.419 e. The van der Waals surface area contributed by atoms with Crippen molar-refractivity contribution in [2.24, 2.45) is 0 Å². The Morgan fingerprint density at radius 3 is 2.63 bits per heavy atom. The third kappa shape index (κ3) is 2.98. The molecule has 0 bridgehead atoms. The molecule has 0 aliphatic rings. The summed E-state index contributed by atoms with van der Waals surface area (Å²) in [7, 11) is 0. The fraction of sp³-hybridized carbons (Fsp3) is 0.167. The van der Waals surface area contributed by atoms with Crippen LogP contribution in [-0.2, 0) is 12.6 Å². The predicted molar refractivity (Wildman–Crippen MR) is 61.6 cm³/mol. The van der Waals surface area contributed by atoms with E-state index in [1.165, 1.54) is 23.0 Å². The lowest BCUT2D eigenvalue weighted by Crippen LogP contribution is -2.13. The number of ketones is 1. The quantitative estimate of drug-likeness (QED) is 0.636. The van der Waals surface area contributed by atoms with Gasteiger partial charge in [0.1, 0.15) is 5.82 Å². The molecule has 0 amide bonds. The van der Waals surface area contributed by atoms with Crippen LogP contribution in [0.2, 0.25) is 0 Å². The van der Waals surface area contributed by atoms with Gasteiger partial charge in [-0.2, -0.15) is 13.2 Å². The highest BCUT2D eigenvalue weighted by Gasteiger charge is 2.35. The first-order valence-corrected chi connectivity index (χ1v) is 6.04. The molecule has 0 aliphatic heterocycles. The molecule has 0 radical (unpaired) electrons. The van der Waals surface area contributed by atoms with Crippen molar-refractivity contribution in [2.45, 2.75) is 12.6 Å². The van der Waals surface area contributed by atoms with Crippen LogP contribution >= 0.6 is 11.3 Å². The summed E-state index contributed by atoms with van der Waals surface area (Å²) in [4.78, 5) is 16.1. The highest BCUT2D eigenvalue weighted by Crippen LogP contribution is 2.32. The van der Waals surface area contributed by atoms with Gasteiger partial charge < -0.3 is 0 Å². The second-order valence-electron chi connectivity index (χ2n) is 3.73. The van der Waals surface area contributed by atoms with Crippen molar-refractivity contribution < 1.29 is 22.4 Å². The smallest absolute Gasteiger partial charge is 0.294 e. The molecule has 0 aliphatic carbocycles. The van der Waals surface area contributed by atoms with Crippen LogP contribution in [0.1, 0.15) is 20.8 Å². The van der Waals surface area contributed by atoms with Gasteiger partial charge in [0.05, 0.1) is 16.6 Å². The van der Waals surface area contributed by atoms with E-state index in [-0.39, 0.29) is 6.42 Å². The maximum absolute atomic E-state index is 13.7. The van der Waals surface area contributed by atoms with Gasteiger partial charge in [-0.15, -0.1) is 11.3 Å². The Labute approximate surface area is 109 Å². The number of Topliss-reactive ketones (excluding diaryl/α,β-unsaturated/α-hetero) is 1. The van der Waals surface area contributed by atoms with Crippen LogP contribution in [0.5, 0.6) is 0 Å². The molecule has 1 heterocycles. The molecule has 2 aromatic rings. The molecular formula is C12H7F4NOS. The maximum atomic E-state index is 13.7. The van der Waals surface area contributed by atoms with Crippen molar-refractivity contribution in [3.63, 3.8) is 0 Å². The van der Waals surface area contributed by atoms with Crippen LogP contribution < -0.4 is 0 Å². The van der Waals surface area contributed by atoms with Crippen molar-refractivity contribution in [2.75, 3.05) is 0 Å². The van der Waals surface area contributed by atoms with Gasteiger partial charge in [0.15, 0.2) is 5.78 Å². The van der Waals surface area contributed by atoms with E-state index >= 15 is 0 Å². The number of carbonyl (C=O) groups excluding carboxylic acids is 1. The van der Waals surface area contributed by atoms with Crippen molar-refractivity contribution >= 4 is 17.1 Å². The van der Waals surface area contributed by atoms with E-state index in [0.717, 1.165) is 12.1 Å². The summed E-state index contributed by atoms with van der Waals surface area (Å²) in [6, 6.07) is 2.68. The standard InChI is InChI=1S/C12H7F4NOS/c13-11-8(2-1-3-9(11)12(14,15)16)10(18)4-7-5-17-6-19-7/h1-3,5-6H,4H2. The Hall–Kier alpha value is -1.76. The van der Waals surface area contributed by atoms with Crippen LogP contribution in [0, 0.1) is 5.82 Å². The molecule has 2 nitrogen and oxygen atoms in total. The molecule has 1 aromatic heterocycles. The topological polar surface area (TPSA) is 30.0 Å². The summed E-state index contributed by atoms with van der Waals surface area (Å²) < 4.78 is 51.2. The zero-order chi connectivity index (χ0) is 14.0. The number of alkyl halides is 3. The minimum absolute atomic E-state index is 0.164. The Balaban J connectivity index is 2.33. The number of hydrogen-bond acceptors (Lipinski definition) is 3. The van der Waals surface area contributed by atoms with Crippen LogP contribution in [0.25, 0.3) is 0 Å². The van der Waals surface area contributed by atoms with Gasteiger partial charge in [0.2, 0.25) is 0 Å². The molecule has 19 heavy (non-hydrogen) atoms. The number of thiazole rings is 1. The lowest BCUT2D eigenvalue weighted by Gasteiger charge is -2.10. The van der Waals surface area contributed by atoms with Gasteiger partial charge in [0, 0.05) is 17.5 Å². The van der Waals surface area contributed by atoms with E-state index < -0.39 is 28.9 Å². The van der Waals surface area contributed by atoms with E-state index in [4.69, 9.17) is 0 Å². The summed E-state index contributed by atoms with van der Waals surface area (Å²) in [6.07, 6.45) is -3.55. The van der Waals surface area contributed by atoms with Crippen molar-refractivity contribution in [1.82, 2.24) is 4.98 Å². The van der Waals surface area contributed by atoms with Crippen molar-refractivity contribution in [3.8, 4) is 0 Å². The molecule has 100 valence electrons. The molecular weight excluding hydrogens is 282 g/mol. The SMILES string of the molecule is O=C(Cc1cncs1)c1cccc(C(F)(F)F)c1F. The fourth-order valence-corrected chi connectivity index (χ4v) is 2.14. The minimum Gasteiger partial charge on any atom is -0.294 e. The number of carbonyl (C=O) groups is 1. The number of benzene rings is 1. The number of nitrogens with zero attached hydrogens (tertiary/aromatic N) is 1. The second kappa shape index (κ2) is 5.08. The second-order valence-corrected chi connectivity index (χ2v) is 4.70. The molecule has 0 atom stereocenters. The van der Waals surface area contributed by atoms with E-state index in [2.05, 4.69) is 4.98 Å². The minimum atomic E-state index is -4.81. The number of aromatic nitrogens is 1. The third-order valence-corrected chi connectivity index (χ3v) is 3.20. The molecule has 0 saturated heterocycles. The molecule has 0 fully saturated rings. The zero-order valence-corrected chi connectivity index (χ0v) is 10.2. The summed E-state index contributed by atoms with van der Waals surface area (Å²) in [5.74, 6) is -2.22. The lowest BCUT2D eigenvalue weighted by molar-refractivity contribution is -0.140. The van der Waals surface area contributed by atoms with E-state index in [0.29, 0.717) is 10.9 Å². The average molecular weight is 289 g/mol. The lowest BCUT2D eigenvalue weighted by atomic mass is 10.0. The van der Waals surface area contributed by atoms with Crippen LogP contribution in [0.3, 0.4) is 0 Å². The highest BCUT2D eigenvalue weighted by molar-refractivity contribution is 7.09. The summed E-state index contributed by atoms with van der Waals surface area (Å²) in [5, 5.41) is 0. The van der Waals surface area contributed by atoms with Gasteiger partial charge >= 0.3 is 6.18 Å². The number of rotatable bonds is 3. The van der Waals surface area contributed by atoms with Gasteiger partial charge in [-0.25, -0.2) is 4.39 Å². The molecule has 1 aromatic carbocycles. The van der Waals surface area contributed by atoms with Crippen LogP contribution in [0.4, 0.5) is 17.6 Å². The average Bonchev–Trinajstić information content (AvgIpc) is 2.80. The highest BCUT2D eigenvalue weighted by atomic mass is 32.1.